The van der Waals surface area contributed by atoms with Crippen molar-refractivity contribution in [1.82, 2.24) is 15.0 Å². The largest absolute Gasteiger partial charge is 0.511 e. The summed E-state index contributed by atoms with van der Waals surface area (Å²) in [5, 5.41) is 12.5. The zero-order valence-electron chi connectivity index (χ0n) is 19.6. The second-order valence-corrected chi connectivity index (χ2v) is 8.11. The van der Waals surface area contributed by atoms with Gasteiger partial charge in [-0.05, 0) is 36.8 Å². The van der Waals surface area contributed by atoms with Crippen LogP contribution in [0.2, 0.25) is 0 Å². The van der Waals surface area contributed by atoms with Gasteiger partial charge in [0.15, 0.2) is 0 Å². The predicted octanol–water partition coefficient (Wildman–Crippen LogP) is 4.84. The van der Waals surface area contributed by atoms with Gasteiger partial charge in [-0.3, -0.25) is 4.79 Å². The Bertz CT molecular complexity index is 1190. The highest BCUT2D eigenvalue weighted by molar-refractivity contribution is 7.15. The number of pyridine rings is 2. The van der Waals surface area contributed by atoms with E-state index in [0.29, 0.717) is 16.5 Å². The normalized spacial score (nSPS) is 11.6. The minimum atomic E-state index is -4.44. The molecule has 0 aliphatic heterocycles. The molecule has 3 aromatic heterocycles. The molecule has 0 saturated heterocycles. The van der Waals surface area contributed by atoms with Gasteiger partial charge in [0, 0.05) is 26.2 Å². The van der Waals surface area contributed by atoms with E-state index >= 15 is 0 Å². The molecule has 0 fully saturated rings. The summed E-state index contributed by atoms with van der Waals surface area (Å²) in [6.07, 6.45) is -3.52. The molecule has 2 N–H and O–H groups in total. The smallest absolute Gasteiger partial charge is 0.438 e. The van der Waals surface area contributed by atoms with Crippen LogP contribution in [0.25, 0.3) is 10.6 Å². The number of esters is 1. The van der Waals surface area contributed by atoms with Crippen LogP contribution < -0.4 is 5.32 Å². The third kappa shape index (κ3) is 9.11. The molecule has 0 saturated carbocycles. The molecule has 14 heteroatoms. The molecule has 1 unspecified atom stereocenters. The molecule has 0 aromatic carbocycles. The minimum Gasteiger partial charge on any atom is -0.438 e. The highest BCUT2D eigenvalue weighted by Crippen LogP contribution is 2.31. The molecule has 0 radical (unpaired) electrons. The maximum absolute atomic E-state index is 12.8. The average Bonchev–Trinajstić information content (AvgIpc) is 3.27. The number of ether oxygens (including phenoxy) is 3. The number of hydrogen-bond donors (Lipinski definition) is 2. The van der Waals surface area contributed by atoms with Crippen molar-refractivity contribution in [3.05, 3.63) is 52.8 Å². The van der Waals surface area contributed by atoms with Crippen LogP contribution in [0.5, 0.6) is 0 Å². The van der Waals surface area contributed by atoms with E-state index in [1.165, 1.54) is 32.3 Å². The molecule has 0 bridgehead atoms. The number of anilines is 2. The number of nitrogens with one attached hydrogen (secondary N) is 1. The molecule has 10 nitrogen and oxygen atoms in total. The number of rotatable bonds is 6. The first-order chi connectivity index (χ1) is 16.9. The lowest BCUT2D eigenvalue weighted by Gasteiger charge is -2.10. The standard InChI is InChI=1S/C16H13F3N4OS.C6H10O5/c1-9-4-11(12-7-21-15(8-24)25-12)22-14(5-9)23-13-6-10(2-3-20-13)16(17,18)19;1-4(7)10-5(2)11-6(8)9-3/h2-7,24H,8H2,1H3,(H,20,22,23);5H,1-3H3. The van der Waals surface area contributed by atoms with Gasteiger partial charge in [0.05, 0.1) is 29.9 Å². The van der Waals surface area contributed by atoms with Gasteiger partial charge in [-0.1, -0.05) is 0 Å². The van der Waals surface area contributed by atoms with E-state index in [4.69, 9.17) is 5.11 Å². The Morgan fingerprint density at radius 1 is 1.17 bits per heavy atom. The van der Waals surface area contributed by atoms with Crippen LogP contribution >= 0.6 is 11.3 Å². The van der Waals surface area contributed by atoms with E-state index in [1.807, 2.05) is 13.0 Å². The summed E-state index contributed by atoms with van der Waals surface area (Å²) in [5.41, 5.74) is 0.707. The van der Waals surface area contributed by atoms with Gasteiger partial charge in [-0.15, -0.1) is 11.3 Å². The van der Waals surface area contributed by atoms with E-state index in [9.17, 15) is 22.8 Å². The highest BCUT2D eigenvalue weighted by atomic mass is 32.1. The average molecular weight is 529 g/mol. The van der Waals surface area contributed by atoms with Crippen LogP contribution in [0.1, 0.15) is 30.0 Å². The monoisotopic (exact) mass is 528 g/mol. The fraction of sp³-hybridized carbons (Fsp3) is 0.318. The summed E-state index contributed by atoms with van der Waals surface area (Å²) >= 11 is 1.30. The number of alkyl halides is 3. The first kappa shape index (κ1) is 28.5. The fourth-order valence-corrected chi connectivity index (χ4v) is 3.35. The molecular weight excluding hydrogens is 505 g/mol. The number of aryl methyl sites for hydroxylation is 1. The van der Waals surface area contributed by atoms with Crippen molar-refractivity contribution in [1.29, 1.82) is 0 Å². The van der Waals surface area contributed by atoms with Gasteiger partial charge in [-0.2, -0.15) is 13.2 Å². The summed E-state index contributed by atoms with van der Waals surface area (Å²) in [5.74, 6) is -0.0820. The Hall–Kier alpha value is -3.78. The molecule has 36 heavy (non-hydrogen) atoms. The van der Waals surface area contributed by atoms with Crippen molar-refractivity contribution >= 4 is 35.1 Å². The molecule has 3 aromatic rings. The van der Waals surface area contributed by atoms with Crippen molar-refractivity contribution in [3.8, 4) is 10.6 Å². The highest BCUT2D eigenvalue weighted by Gasteiger charge is 2.30. The van der Waals surface area contributed by atoms with Crippen molar-refractivity contribution in [2.75, 3.05) is 12.4 Å². The number of halogens is 3. The summed E-state index contributed by atoms with van der Waals surface area (Å²) in [4.78, 5) is 33.8. The minimum absolute atomic E-state index is 0.0548. The van der Waals surface area contributed by atoms with E-state index in [1.54, 1.807) is 12.3 Å². The Labute approximate surface area is 208 Å². The topological polar surface area (TPSA) is 133 Å². The summed E-state index contributed by atoms with van der Waals surface area (Å²) in [7, 11) is 1.17. The van der Waals surface area contributed by atoms with Crippen LogP contribution in [-0.2, 0) is 31.8 Å². The number of methoxy groups -OCH3 is 1. The van der Waals surface area contributed by atoms with Crippen LogP contribution in [0, 0.1) is 6.92 Å². The lowest BCUT2D eigenvalue weighted by Crippen LogP contribution is -2.20. The number of aromatic nitrogens is 3. The van der Waals surface area contributed by atoms with Crippen LogP contribution in [0.15, 0.2) is 36.7 Å². The third-order valence-corrected chi connectivity index (χ3v) is 5.02. The van der Waals surface area contributed by atoms with Gasteiger partial charge in [0.1, 0.15) is 16.6 Å². The van der Waals surface area contributed by atoms with Crippen molar-refractivity contribution in [2.45, 2.75) is 39.8 Å². The van der Waals surface area contributed by atoms with Crippen molar-refractivity contribution < 1.29 is 42.1 Å². The Morgan fingerprint density at radius 3 is 2.47 bits per heavy atom. The SMILES string of the molecule is COC(=O)OC(C)OC(C)=O.Cc1cc(Nc2cc(C(F)(F)F)ccn2)nc(-c2cnc(CO)s2)c1. The van der Waals surface area contributed by atoms with E-state index in [0.717, 1.165) is 28.8 Å². The number of carbonyl (C=O) groups excluding carboxylic acids is 2. The Morgan fingerprint density at radius 2 is 1.89 bits per heavy atom. The van der Waals surface area contributed by atoms with E-state index in [-0.39, 0.29) is 12.4 Å². The quantitative estimate of drug-likeness (QED) is 0.338. The number of aliphatic hydroxyl groups is 1. The fourth-order valence-electron chi connectivity index (χ4n) is 2.61. The van der Waals surface area contributed by atoms with E-state index in [2.05, 4.69) is 34.5 Å². The first-order valence-electron chi connectivity index (χ1n) is 10.2. The molecule has 0 aliphatic rings. The molecule has 3 rings (SSSR count). The number of hydrogen-bond acceptors (Lipinski definition) is 11. The van der Waals surface area contributed by atoms with Crippen molar-refractivity contribution in [3.63, 3.8) is 0 Å². The number of nitrogens with zero attached hydrogens (tertiary/aromatic N) is 3. The van der Waals surface area contributed by atoms with Crippen LogP contribution in [0.3, 0.4) is 0 Å². The molecule has 0 amide bonds. The van der Waals surface area contributed by atoms with Crippen molar-refractivity contribution in [2.24, 2.45) is 0 Å². The molecule has 0 spiro atoms. The first-order valence-corrected chi connectivity index (χ1v) is 11.0. The molecule has 3 heterocycles. The Balaban J connectivity index is 0.000000352. The molecule has 0 aliphatic carbocycles. The van der Waals surface area contributed by atoms with E-state index < -0.39 is 30.2 Å². The summed E-state index contributed by atoms with van der Waals surface area (Å²) in [6, 6.07) is 5.38. The zero-order valence-corrected chi connectivity index (χ0v) is 20.4. The third-order valence-electron chi connectivity index (χ3n) is 4.02. The lowest BCUT2D eigenvalue weighted by molar-refractivity contribution is -0.164. The van der Waals surface area contributed by atoms with Gasteiger partial charge < -0.3 is 24.6 Å². The maximum Gasteiger partial charge on any atom is 0.511 e. The van der Waals surface area contributed by atoms with Gasteiger partial charge in [0.25, 0.3) is 0 Å². The summed E-state index contributed by atoms with van der Waals surface area (Å²) in [6.45, 7) is 4.33. The molecule has 1 atom stereocenters. The van der Waals surface area contributed by atoms with Gasteiger partial charge in [0.2, 0.25) is 6.29 Å². The lowest BCUT2D eigenvalue weighted by atomic mass is 10.2. The van der Waals surface area contributed by atoms with Crippen LogP contribution in [0.4, 0.5) is 29.6 Å². The maximum atomic E-state index is 12.8. The van der Waals surface area contributed by atoms with Gasteiger partial charge >= 0.3 is 18.3 Å². The second kappa shape index (κ2) is 12.8. The predicted molar refractivity (Wildman–Crippen MR) is 123 cm³/mol. The summed E-state index contributed by atoms with van der Waals surface area (Å²) < 4.78 is 51.4. The zero-order chi connectivity index (χ0) is 26.9. The molecule has 194 valence electrons. The second-order valence-electron chi connectivity index (χ2n) is 6.99. The number of carbonyl (C=O) groups is 2. The number of thiazole rings is 1. The molecular formula is C22H23F3N4O6S. The van der Waals surface area contributed by atoms with Gasteiger partial charge in [-0.25, -0.2) is 19.7 Å². The number of aliphatic hydroxyl groups excluding tert-OH is 1. The van der Waals surface area contributed by atoms with Crippen LogP contribution in [-0.4, -0.2) is 45.6 Å². The Kier molecular flexibility index (Phi) is 10.1.